The Morgan fingerprint density at radius 1 is 1.13 bits per heavy atom. The minimum Gasteiger partial charge on any atom is -0.0771 e. The molecule has 0 aliphatic heterocycles. The van der Waals surface area contributed by atoms with Crippen LogP contribution in [0.1, 0.15) is 50.8 Å². The van der Waals surface area contributed by atoms with Crippen molar-refractivity contribution in [1.29, 1.82) is 0 Å². The Hall–Kier alpha value is -0.863. The summed E-state index contributed by atoms with van der Waals surface area (Å²) in [4.78, 5) is 0. The van der Waals surface area contributed by atoms with E-state index >= 15 is 0 Å². The summed E-state index contributed by atoms with van der Waals surface area (Å²) in [5.41, 5.74) is 6.84. The van der Waals surface area contributed by atoms with Crippen LogP contribution < -0.4 is 0 Å². The summed E-state index contributed by atoms with van der Waals surface area (Å²) in [5.74, 6) is 0. The number of hydrogen-bond donors (Lipinski definition) is 0. The minimum absolute atomic E-state index is 0.258. The molecule has 3 rings (SSSR count). The van der Waals surface area contributed by atoms with E-state index in [1.807, 2.05) is 0 Å². The largest absolute Gasteiger partial charge is 0.0876 e. The van der Waals surface area contributed by atoms with Crippen molar-refractivity contribution in [2.45, 2.75) is 52.8 Å². The van der Waals surface area contributed by atoms with Crippen molar-refractivity contribution in [2.24, 2.45) is 5.41 Å². The molecule has 0 saturated heterocycles. The van der Waals surface area contributed by atoms with Gasteiger partial charge in [0.2, 0.25) is 0 Å². The van der Waals surface area contributed by atoms with Crippen molar-refractivity contribution >= 4 is 30.1 Å². The molecule has 0 radical (unpaired) electrons. The molecule has 0 nitrogen and oxygen atoms in total. The van der Waals surface area contributed by atoms with Crippen molar-refractivity contribution in [1.82, 2.24) is 0 Å². The van der Waals surface area contributed by atoms with Crippen molar-refractivity contribution < 1.29 is 0 Å². The van der Waals surface area contributed by atoms with Crippen molar-refractivity contribution in [3.8, 4) is 0 Å². The average molecular weight is 387 g/mol. The fourth-order valence-corrected chi connectivity index (χ4v) is 8.43. The number of allylic oxidation sites excluding steroid dienone is 5. The van der Waals surface area contributed by atoms with Crippen molar-refractivity contribution in [3.05, 3.63) is 62.3 Å². The third-order valence-electron chi connectivity index (χ3n) is 5.51. The summed E-state index contributed by atoms with van der Waals surface area (Å²) in [6, 6.07) is 6.68. The van der Waals surface area contributed by atoms with Gasteiger partial charge in [-0.1, -0.05) is 90.9 Å². The lowest BCUT2D eigenvalue weighted by Gasteiger charge is -2.34. The van der Waals surface area contributed by atoms with E-state index in [1.165, 1.54) is 26.7 Å². The van der Waals surface area contributed by atoms with Crippen LogP contribution in [0, 0.1) is 5.41 Å². The van der Waals surface area contributed by atoms with E-state index in [9.17, 15) is 0 Å². The van der Waals surface area contributed by atoms with Gasteiger partial charge in [0, 0.05) is 10.0 Å². The molecular formula is C21H27BrSi. The summed E-state index contributed by atoms with van der Waals surface area (Å²) in [5, 5.41) is 1.70. The molecule has 1 aromatic rings. The molecule has 0 amide bonds. The lowest BCUT2D eigenvalue weighted by atomic mass is 9.87. The van der Waals surface area contributed by atoms with Crippen molar-refractivity contribution in [3.63, 3.8) is 0 Å². The average Bonchev–Trinajstić information content (AvgIpc) is 3.03. The molecule has 2 aliphatic carbocycles. The molecule has 1 unspecified atom stereocenters. The van der Waals surface area contributed by atoms with Gasteiger partial charge in [-0.2, -0.15) is 0 Å². The van der Waals surface area contributed by atoms with E-state index in [0.717, 1.165) is 6.42 Å². The summed E-state index contributed by atoms with van der Waals surface area (Å²) < 4.78 is 1.23. The number of fused-ring (bicyclic) bond motifs is 1. The first-order valence-corrected chi connectivity index (χ1v) is 12.4. The molecule has 23 heavy (non-hydrogen) atoms. The van der Waals surface area contributed by atoms with Crippen LogP contribution in [0.3, 0.4) is 0 Å². The monoisotopic (exact) mass is 386 g/mol. The smallest absolute Gasteiger partial charge is 0.0771 e. The first-order valence-electron chi connectivity index (χ1n) is 8.50. The molecule has 2 aliphatic rings. The van der Waals surface area contributed by atoms with Gasteiger partial charge in [0.25, 0.3) is 0 Å². The van der Waals surface area contributed by atoms with Crippen LogP contribution in [0.5, 0.6) is 0 Å². The summed E-state index contributed by atoms with van der Waals surface area (Å²) in [7, 11) is -1.58. The molecule has 122 valence electrons. The minimum atomic E-state index is -1.58. The van der Waals surface area contributed by atoms with Gasteiger partial charge in [-0.05, 0) is 41.5 Å². The highest BCUT2D eigenvalue weighted by Gasteiger charge is 2.41. The van der Waals surface area contributed by atoms with Gasteiger partial charge in [0.05, 0.1) is 8.07 Å². The van der Waals surface area contributed by atoms with Crippen LogP contribution in [0.2, 0.25) is 13.1 Å². The highest BCUT2D eigenvalue weighted by atomic mass is 79.9. The first kappa shape index (κ1) is 17.0. The molecule has 0 heterocycles. The Kier molecular flexibility index (Phi) is 4.13. The Morgan fingerprint density at radius 3 is 2.43 bits per heavy atom. The topological polar surface area (TPSA) is 0 Å². The molecule has 2 heteroatoms. The zero-order valence-electron chi connectivity index (χ0n) is 15.1. The normalized spacial score (nSPS) is 21.0. The molecule has 0 fully saturated rings. The second kappa shape index (κ2) is 5.60. The lowest BCUT2D eigenvalue weighted by Crippen LogP contribution is -2.37. The van der Waals surface area contributed by atoms with Crippen LogP contribution in [0.25, 0.3) is 6.08 Å². The Balaban J connectivity index is 2.00. The molecule has 0 saturated carbocycles. The Bertz CT molecular complexity index is 742. The number of benzene rings is 1. The SMILES string of the molecule is CC1=Cc2c(Br)cccc2C1[Si](C)(C)C1=CC(C(C)(C)C)=CC1. The molecule has 1 atom stereocenters. The Labute approximate surface area is 150 Å². The Morgan fingerprint density at radius 2 is 1.83 bits per heavy atom. The van der Waals surface area contributed by atoms with Gasteiger partial charge in [0.1, 0.15) is 0 Å². The first-order chi connectivity index (χ1) is 10.6. The number of rotatable bonds is 2. The van der Waals surface area contributed by atoms with Gasteiger partial charge in [-0.25, -0.2) is 0 Å². The molecular weight excluding hydrogens is 360 g/mol. The lowest BCUT2D eigenvalue weighted by molar-refractivity contribution is 0.518. The maximum absolute atomic E-state index is 3.73. The highest BCUT2D eigenvalue weighted by molar-refractivity contribution is 9.10. The zero-order valence-corrected chi connectivity index (χ0v) is 17.7. The van der Waals surface area contributed by atoms with Crippen LogP contribution in [-0.4, -0.2) is 8.07 Å². The van der Waals surface area contributed by atoms with E-state index in [2.05, 4.69) is 93.1 Å². The van der Waals surface area contributed by atoms with Gasteiger partial charge in [-0.3, -0.25) is 0 Å². The van der Waals surface area contributed by atoms with Gasteiger partial charge in [-0.15, -0.1) is 0 Å². The van der Waals surface area contributed by atoms with Crippen LogP contribution >= 0.6 is 15.9 Å². The molecule has 0 N–H and O–H groups in total. The summed E-state index contributed by atoms with van der Waals surface area (Å²) in [6.07, 6.45) is 8.53. The van der Waals surface area contributed by atoms with E-state index in [4.69, 9.17) is 0 Å². The third-order valence-corrected chi connectivity index (χ3v) is 10.4. The predicted molar refractivity (Wildman–Crippen MR) is 108 cm³/mol. The maximum Gasteiger partial charge on any atom is 0.0876 e. The van der Waals surface area contributed by atoms with Crippen LogP contribution in [0.15, 0.2) is 51.2 Å². The molecule has 1 aromatic carbocycles. The predicted octanol–water partition coefficient (Wildman–Crippen LogP) is 7.04. The van der Waals surface area contributed by atoms with Crippen LogP contribution in [0.4, 0.5) is 0 Å². The fraction of sp³-hybridized carbons (Fsp3) is 0.429. The summed E-state index contributed by atoms with van der Waals surface area (Å²) in [6.45, 7) is 14.4. The fourth-order valence-electron chi connectivity index (χ4n) is 4.15. The second-order valence-electron chi connectivity index (χ2n) is 8.57. The van der Waals surface area contributed by atoms with Crippen LogP contribution in [-0.2, 0) is 0 Å². The standard InChI is InChI=1S/C21H27BrSi/c1-14-12-18-17(8-7-9-19(18)22)20(14)23(5,6)16-11-10-15(13-16)21(2,3)4/h7-10,12-13,20H,11H2,1-6H3. The molecule has 0 aromatic heterocycles. The van der Waals surface area contributed by atoms with Gasteiger partial charge in [0.15, 0.2) is 0 Å². The number of hydrogen-bond acceptors (Lipinski definition) is 0. The van der Waals surface area contributed by atoms with Gasteiger partial charge < -0.3 is 0 Å². The van der Waals surface area contributed by atoms with E-state index in [0.29, 0.717) is 5.54 Å². The van der Waals surface area contributed by atoms with Crippen molar-refractivity contribution in [2.75, 3.05) is 0 Å². The summed E-state index contributed by atoms with van der Waals surface area (Å²) >= 11 is 3.73. The molecule has 0 bridgehead atoms. The van der Waals surface area contributed by atoms with E-state index in [1.54, 1.807) is 5.20 Å². The van der Waals surface area contributed by atoms with E-state index < -0.39 is 8.07 Å². The highest BCUT2D eigenvalue weighted by Crippen LogP contribution is 2.48. The molecule has 0 spiro atoms. The quantitative estimate of drug-likeness (QED) is 0.478. The van der Waals surface area contributed by atoms with E-state index in [-0.39, 0.29) is 5.41 Å². The second-order valence-corrected chi connectivity index (χ2v) is 14.1. The maximum atomic E-state index is 3.73. The zero-order chi connectivity index (χ0) is 17.0. The third kappa shape index (κ3) is 2.85. The van der Waals surface area contributed by atoms with Gasteiger partial charge >= 0.3 is 0 Å². The number of halogens is 1.